The number of nitrogens with zero attached hydrogens (tertiary/aromatic N) is 3. The van der Waals surface area contributed by atoms with E-state index in [0.717, 1.165) is 22.3 Å². The Kier molecular flexibility index (Phi) is 3.39. The Bertz CT molecular complexity index is 808. The quantitative estimate of drug-likeness (QED) is 0.690. The van der Waals surface area contributed by atoms with Gasteiger partial charge >= 0.3 is 0 Å². The van der Waals surface area contributed by atoms with Crippen molar-refractivity contribution in [3.8, 4) is 5.75 Å². The molecule has 0 saturated carbocycles. The Morgan fingerprint density at radius 3 is 2.86 bits per heavy atom. The van der Waals surface area contributed by atoms with Gasteiger partial charge < -0.3 is 4.74 Å². The molecule has 0 fully saturated rings. The van der Waals surface area contributed by atoms with Crippen molar-refractivity contribution in [1.29, 1.82) is 0 Å². The number of aryl methyl sites for hydroxylation is 2. The van der Waals surface area contributed by atoms with Crippen molar-refractivity contribution in [1.82, 2.24) is 14.8 Å². The summed E-state index contributed by atoms with van der Waals surface area (Å²) in [6.07, 6.45) is 0.707. The largest absolute Gasteiger partial charge is 0.485 e. The van der Waals surface area contributed by atoms with Crippen molar-refractivity contribution in [2.24, 2.45) is 7.05 Å². The molecule has 2 aromatic heterocycles. The third-order valence-corrected chi connectivity index (χ3v) is 3.34. The second kappa shape index (κ2) is 5.36. The van der Waals surface area contributed by atoms with Crippen molar-refractivity contribution in [3.63, 3.8) is 0 Å². The highest BCUT2D eigenvalue weighted by atomic mass is 16.5. The first-order chi connectivity index (χ1) is 10.2. The van der Waals surface area contributed by atoms with Crippen LogP contribution in [-0.4, -0.2) is 21.1 Å². The number of para-hydroxylation sites is 1. The molecular weight excluding hydrogens is 266 g/mol. The van der Waals surface area contributed by atoms with Crippen LogP contribution in [0.5, 0.6) is 5.75 Å². The number of hydrogen-bond donors (Lipinski definition) is 0. The van der Waals surface area contributed by atoms with E-state index in [4.69, 9.17) is 4.74 Å². The zero-order chi connectivity index (χ0) is 14.8. The normalized spacial score (nSPS) is 10.8. The molecule has 3 aromatic rings. The third-order valence-electron chi connectivity index (χ3n) is 3.34. The van der Waals surface area contributed by atoms with E-state index >= 15 is 0 Å². The Hall–Kier alpha value is -2.69. The molecule has 5 nitrogen and oxygen atoms in total. The number of carbonyl (C=O) groups excluding carboxylic acids is 1. The zero-order valence-electron chi connectivity index (χ0n) is 11.9. The van der Waals surface area contributed by atoms with E-state index < -0.39 is 0 Å². The van der Waals surface area contributed by atoms with Gasteiger partial charge in [-0.2, -0.15) is 5.10 Å². The minimum absolute atomic E-state index is 0.299. The fourth-order valence-electron chi connectivity index (χ4n) is 2.31. The van der Waals surface area contributed by atoms with Crippen molar-refractivity contribution in [2.75, 3.05) is 0 Å². The Balaban J connectivity index is 1.89. The molecule has 0 aliphatic rings. The monoisotopic (exact) mass is 281 g/mol. The second-order valence-corrected chi connectivity index (χ2v) is 4.83. The summed E-state index contributed by atoms with van der Waals surface area (Å²) in [6.45, 7) is 2.13. The van der Waals surface area contributed by atoms with Crippen LogP contribution in [0.3, 0.4) is 0 Å². The van der Waals surface area contributed by atoms with E-state index in [1.807, 2.05) is 49.0 Å². The Labute approximate surface area is 122 Å². The lowest BCUT2D eigenvalue weighted by Gasteiger charge is -2.07. The summed E-state index contributed by atoms with van der Waals surface area (Å²) in [6, 6.07) is 11.5. The standard InChI is InChI=1S/C16H15N3O2/c1-11-7-8-16(13(9-20)17-11)21-10-14-12-5-3-4-6-15(12)19(2)18-14/h3-9H,10H2,1-2H3. The van der Waals surface area contributed by atoms with Gasteiger partial charge in [-0.15, -0.1) is 0 Å². The molecule has 0 saturated heterocycles. The van der Waals surface area contributed by atoms with Gasteiger partial charge in [-0.3, -0.25) is 9.48 Å². The highest BCUT2D eigenvalue weighted by Crippen LogP contribution is 2.21. The van der Waals surface area contributed by atoms with Gasteiger partial charge in [0.1, 0.15) is 23.7 Å². The number of aldehydes is 1. The summed E-state index contributed by atoms with van der Waals surface area (Å²) in [5, 5.41) is 5.51. The van der Waals surface area contributed by atoms with Crippen LogP contribution in [0.1, 0.15) is 21.9 Å². The minimum atomic E-state index is 0.299. The van der Waals surface area contributed by atoms with E-state index in [0.29, 0.717) is 24.3 Å². The summed E-state index contributed by atoms with van der Waals surface area (Å²) in [5.74, 6) is 0.477. The molecule has 0 bridgehead atoms. The first-order valence-corrected chi connectivity index (χ1v) is 6.65. The first kappa shape index (κ1) is 13.3. The second-order valence-electron chi connectivity index (χ2n) is 4.83. The van der Waals surface area contributed by atoms with Crippen molar-refractivity contribution >= 4 is 17.2 Å². The number of hydrogen-bond acceptors (Lipinski definition) is 4. The number of fused-ring (bicyclic) bond motifs is 1. The third kappa shape index (κ3) is 2.50. The molecule has 2 heterocycles. The van der Waals surface area contributed by atoms with Gasteiger partial charge in [0.15, 0.2) is 6.29 Å². The van der Waals surface area contributed by atoms with E-state index in [1.54, 1.807) is 6.07 Å². The number of carbonyl (C=O) groups is 1. The predicted octanol–water partition coefficient (Wildman–Crippen LogP) is 2.67. The molecule has 5 heteroatoms. The van der Waals surface area contributed by atoms with Gasteiger partial charge in [-0.05, 0) is 25.1 Å². The molecule has 106 valence electrons. The number of rotatable bonds is 4. The smallest absolute Gasteiger partial charge is 0.172 e. The summed E-state index contributed by atoms with van der Waals surface area (Å²) in [4.78, 5) is 15.2. The van der Waals surface area contributed by atoms with E-state index in [2.05, 4.69) is 10.1 Å². The molecule has 0 radical (unpaired) electrons. The van der Waals surface area contributed by atoms with Crippen LogP contribution in [0.4, 0.5) is 0 Å². The molecule has 1 aromatic carbocycles. The summed E-state index contributed by atoms with van der Waals surface area (Å²) in [5.41, 5.74) is 2.99. The van der Waals surface area contributed by atoms with E-state index in [-0.39, 0.29) is 0 Å². The van der Waals surface area contributed by atoms with Gasteiger partial charge in [-0.25, -0.2) is 4.98 Å². The molecule has 0 spiro atoms. The number of ether oxygens (including phenoxy) is 1. The van der Waals surface area contributed by atoms with Gasteiger partial charge in [0.05, 0.1) is 5.52 Å². The summed E-state index contributed by atoms with van der Waals surface area (Å²) in [7, 11) is 1.90. The predicted molar refractivity (Wildman–Crippen MR) is 79.4 cm³/mol. The molecule has 0 N–H and O–H groups in total. The van der Waals surface area contributed by atoms with Gasteiger partial charge in [0.25, 0.3) is 0 Å². The maximum Gasteiger partial charge on any atom is 0.172 e. The van der Waals surface area contributed by atoms with Gasteiger partial charge in [0.2, 0.25) is 0 Å². The zero-order valence-corrected chi connectivity index (χ0v) is 11.9. The number of pyridine rings is 1. The fourth-order valence-corrected chi connectivity index (χ4v) is 2.31. The average Bonchev–Trinajstić information content (AvgIpc) is 2.83. The lowest BCUT2D eigenvalue weighted by atomic mass is 10.2. The molecule has 0 unspecified atom stereocenters. The Morgan fingerprint density at radius 1 is 1.24 bits per heavy atom. The molecular formula is C16H15N3O2. The molecule has 0 aliphatic heterocycles. The van der Waals surface area contributed by atoms with Crippen LogP contribution in [-0.2, 0) is 13.7 Å². The van der Waals surface area contributed by atoms with Crippen LogP contribution in [0.2, 0.25) is 0 Å². The van der Waals surface area contributed by atoms with Crippen molar-refractivity contribution in [3.05, 3.63) is 53.5 Å². The van der Waals surface area contributed by atoms with Crippen molar-refractivity contribution < 1.29 is 9.53 Å². The first-order valence-electron chi connectivity index (χ1n) is 6.65. The highest BCUT2D eigenvalue weighted by Gasteiger charge is 2.10. The summed E-state index contributed by atoms with van der Waals surface area (Å²) < 4.78 is 7.54. The Morgan fingerprint density at radius 2 is 2.05 bits per heavy atom. The average molecular weight is 281 g/mol. The lowest BCUT2D eigenvalue weighted by molar-refractivity contribution is 0.111. The van der Waals surface area contributed by atoms with Crippen LogP contribution in [0, 0.1) is 6.92 Å². The summed E-state index contributed by atoms with van der Waals surface area (Å²) >= 11 is 0. The van der Waals surface area contributed by atoms with Crippen molar-refractivity contribution in [2.45, 2.75) is 13.5 Å². The van der Waals surface area contributed by atoms with Gasteiger partial charge in [0, 0.05) is 18.1 Å². The maximum absolute atomic E-state index is 11.0. The molecule has 0 amide bonds. The minimum Gasteiger partial charge on any atom is -0.485 e. The number of aromatic nitrogens is 3. The van der Waals surface area contributed by atoms with Crippen LogP contribution in [0.25, 0.3) is 10.9 Å². The van der Waals surface area contributed by atoms with Crippen LogP contribution < -0.4 is 4.74 Å². The SMILES string of the molecule is Cc1ccc(OCc2nn(C)c3ccccc23)c(C=O)n1. The number of benzene rings is 1. The van der Waals surface area contributed by atoms with E-state index in [9.17, 15) is 4.79 Å². The molecule has 0 aliphatic carbocycles. The molecule has 21 heavy (non-hydrogen) atoms. The van der Waals surface area contributed by atoms with E-state index in [1.165, 1.54) is 0 Å². The molecule has 3 rings (SSSR count). The maximum atomic E-state index is 11.0. The van der Waals surface area contributed by atoms with Gasteiger partial charge in [-0.1, -0.05) is 18.2 Å². The highest BCUT2D eigenvalue weighted by molar-refractivity contribution is 5.81. The lowest BCUT2D eigenvalue weighted by Crippen LogP contribution is -2.02. The molecule has 0 atom stereocenters. The fraction of sp³-hybridized carbons (Fsp3) is 0.188. The topological polar surface area (TPSA) is 57.0 Å². The van der Waals surface area contributed by atoms with Crippen LogP contribution in [0.15, 0.2) is 36.4 Å². The van der Waals surface area contributed by atoms with Crippen LogP contribution >= 0.6 is 0 Å².